The van der Waals surface area contributed by atoms with Gasteiger partial charge < -0.3 is 5.32 Å². The number of amides is 1. The topological polar surface area (TPSA) is 29.1 Å². The third-order valence-corrected chi connectivity index (χ3v) is 2.83. The molecular formula is C8H6BrCl2NO. The Morgan fingerprint density at radius 1 is 1.38 bits per heavy atom. The fraction of sp³-hybridized carbons (Fsp3) is 0.125. The third kappa shape index (κ3) is 2.86. The van der Waals surface area contributed by atoms with E-state index in [4.69, 9.17) is 23.2 Å². The van der Waals surface area contributed by atoms with Crippen LogP contribution in [0.25, 0.3) is 0 Å². The van der Waals surface area contributed by atoms with Gasteiger partial charge in [0.2, 0.25) is 5.91 Å². The van der Waals surface area contributed by atoms with E-state index < -0.39 is 0 Å². The zero-order valence-corrected chi connectivity index (χ0v) is 9.79. The van der Waals surface area contributed by atoms with Crippen LogP contribution in [0.2, 0.25) is 10.0 Å². The Morgan fingerprint density at radius 3 is 2.54 bits per heavy atom. The number of rotatable bonds is 1. The molecule has 5 heteroatoms. The second-order valence-corrected chi connectivity index (χ2v) is 4.10. The Hall–Kier alpha value is -0.250. The van der Waals surface area contributed by atoms with Crippen molar-refractivity contribution in [2.75, 3.05) is 5.32 Å². The molecule has 1 rings (SSSR count). The van der Waals surface area contributed by atoms with Gasteiger partial charge in [-0.05, 0) is 28.1 Å². The van der Waals surface area contributed by atoms with Crippen molar-refractivity contribution in [2.24, 2.45) is 0 Å². The van der Waals surface area contributed by atoms with Crippen LogP contribution >= 0.6 is 39.1 Å². The second kappa shape index (κ2) is 4.31. The van der Waals surface area contributed by atoms with E-state index in [0.717, 1.165) is 0 Å². The molecule has 0 fully saturated rings. The molecule has 0 bridgehead atoms. The minimum Gasteiger partial charge on any atom is -0.325 e. The van der Waals surface area contributed by atoms with Crippen LogP contribution in [-0.4, -0.2) is 5.91 Å². The van der Waals surface area contributed by atoms with Gasteiger partial charge in [-0.25, -0.2) is 0 Å². The third-order valence-electron chi connectivity index (χ3n) is 1.32. The van der Waals surface area contributed by atoms with E-state index in [1.807, 2.05) is 0 Å². The molecule has 1 amide bonds. The molecule has 0 saturated carbocycles. The number of hydrogen-bond acceptors (Lipinski definition) is 1. The molecule has 0 radical (unpaired) electrons. The van der Waals surface area contributed by atoms with Crippen LogP contribution in [0.1, 0.15) is 6.92 Å². The van der Waals surface area contributed by atoms with Crippen LogP contribution in [-0.2, 0) is 4.79 Å². The summed E-state index contributed by atoms with van der Waals surface area (Å²) in [6.45, 7) is 1.41. The maximum atomic E-state index is 10.7. The number of nitrogens with one attached hydrogen (secondary N) is 1. The van der Waals surface area contributed by atoms with Gasteiger partial charge in [0.25, 0.3) is 0 Å². The molecule has 0 heterocycles. The normalized spacial score (nSPS) is 9.85. The van der Waals surface area contributed by atoms with Crippen LogP contribution in [0.3, 0.4) is 0 Å². The second-order valence-electron chi connectivity index (χ2n) is 2.43. The summed E-state index contributed by atoms with van der Waals surface area (Å²) >= 11 is 14.9. The maximum Gasteiger partial charge on any atom is 0.221 e. The van der Waals surface area contributed by atoms with Crippen molar-refractivity contribution in [1.29, 1.82) is 0 Å². The van der Waals surface area contributed by atoms with Crippen LogP contribution in [0.4, 0.5) is 5.69 Å². The number of carbonyl (C=O) groups excluding carboxylic acids is 1. The zero-order chi connectivity index (χ0) is 10.0. The SMILES string of the molecule is CC(=O)Nc1cc(Cl)c(Br)cc1Cl. The van der Waals surface area contributed by atoms with E-state index in [-0.39, 0.29) is 5.91 Å². The zero-order valence-electron chi connectivity index (χ0n) is 6.70. The van der Waals surface area contributed by atoms with Gasteiger partial charge >= 0.3 is 0 Å². The highest BCUT2D eigenvalue weighted by atomic mass is 79.9. The summed E-state index contributed by atoms with van der Waals surface area (Å²) in [5.41, 5.74) is 0.516. The quantitative estimate of drug-likeness (QED) is 0.782. The average molecular weight is 283 g/mol. The lowest BCUT2D eigenvalue weighted by Crippen LogP contribution is -2.06. The Labute approximate surface area is 94.3 Å². The van der Waals surface area contributed by atoms with E-state index in [1.165, 1.54) is 6.92 Å². The van der Waals surface area contributed by atoms with Gasteiger partial charge in [0.15, 0.2) is 0 Å². The molecule has 0 unspecified atom stereocenters. The van der Waals surface area contributed by atoms with Gasteiger partial charge in [0, 0.05) is 11.4 Å². The molecule has 0 saturated heterocycles. The Bertz CT molecular complexity index is 354. The summed E-state index contributed by atoms with van der Waals surface area (Å²) in [4.78, 5) is 10.7. The van der Waals surface area contributed by atoms with Crippen molar-refractivity contribution in [3.05, 3.63) is 26.7 Å². The van der Waals surface area contributed by atoms with Crippen LogP contribution in [0.15, 0.2) is 16.6 Å². The highest BCUT2D eigenvalue weighted by molar-refractivity contribution is 9.10. The summed E-state index contributed by atoms with van der Waals surface area (Å²) < 4.78 is 0.702. The van der Waals surface area contributed by atoms with Crippen LogP contribution in [0.5, 0.6) is 0 Å². The minimum absolute atomic E-state index is 0.180. The predicted molar refractivity (Wildman–Crippen MR) is 58.5 cm³/mol. The number of anilines is 1. The molecule has 0 aliphatic rings. The summed E-state index contributed by atoms with van der Waals surface area (Å²) in [7, 11) is 0. The van der Waals surface area contributed by atoms with Gasteiger partial charge in [0.1, 0.15) is 0 Å². The van der Waals surface area contributed by atoms with Gasteiger partial charge in [-0.2, -0.15) is 0 Å². The highest BCUT2D eigenvalue weighted by Crippen LogP contribution is 2.32. The molecular weight excluding hydrogens is 277 g/mol. The highest BCUT2D eigenvalue weighted by Gasteiger charge is 2.06. The van der Waals surface area contributed by atoms with Crippen molar-refractivity contribution in [2.45, 2.75) is 6.92 Å². The molecule has 1 aromatic carbocycles. The molecule has 70 valence electrons. The molecule has 0 aliphatic carbocycles. The first-order valence-corrected chi connectivity index (χ1v) is 4.97. The Kier molecular flexibility index (Phi) is 3.59. The summed E-state index contributed by atoms with van der Waals surface area (Å²) in [6, 6.07) is 3.23. The van der Waals surface area contributed by atoms with Crippen molar-refractivity contribution in [3.8, 4) is 0 Å². The summed E-state index contributed by atoms with van der Waals surface area (Å²) in [5, 5.41) is 3.52. The minimum atomic E-state index is -0.180. The maximum absolute atomic E-state index is 10.7. The Balaban J connectivity index is 3.08. The molecule has 0 aliphatic heterocycles. The summed E-state index contributed by atoms with van der Waals surface area (Å²) in [5.74, 6) is -0.180. The van der Waals surface area contributed by atoms with Gasteiger partial charge in [0.05, 0.1) is 15.7 Å². The molecule has 0 spiro atoms. The van der Waals surface area contributed by atoms with E-state index in [1.54, 1.807) is 12.1 Å². The monoisotopic (exact) mass is 281 g/mol. The first-order valence-electron chi connectivity index (χ1n) is 3.43. The van der Waals surface area contributed by atoms with Crippen molar-refractivity contribution in [3.63, 3.8) is 0 Å². The van der Waals surface area contributed by atoms with E-state index in [2.05, 4.69) is 21.2 Å². The van der Waals surface area contributed by atoms with Crippen molar-refractivity contribution < 1.29 is 4.79 Å². The fourth-order valence-electron chi connectivity index (χ4n) is 0.808. The van der Waals surface area contributed by atoms with Crippen molar-refractivity contribution >= 4 is 50.7 Å². The lowest BCUT2D eigenvalue weighted by Gasteiger charge is -2.06. The van der Waals surface area contributed by atoms with Crippen LogP contribution in [0, 0.1) is 0 Å². The number of hydrogen-bond donors (Lipinski definition) is 1. The molecule has 2 nitrogen and oxygen atoms in total. The van der Waals surface area contributed by atoms with Gasteiger partial charge in [-0.3, -0.25) is 4.79 Å². The summed E-state index contributed by atoms with van der Waals surface area (Å²) in [6.07, 6.45) is 0. The number of carbonyl (C=O) groups is 1. The fourth-order valence-corrected chi connectivity index (χ4v) is 1.66. The standard InChI is InChI=1S/C8H6BrCl2NO/c1-4(13)12-8-3-6(10)5(9)2-7(8)11/h2-3H,1H3,(H,12,13). The molecule has 1 aromatic rings. The molecule has 0 atom stereocenters. The molecule has 0 aromatic heterocycles. The largest absolute Gasteiger partial charge is 0.325 e. The predicted octanol–water partition coefficient (Wildman–Crippen LogP) is 3.71. The van der Waals surface area contributed by atoms with Crippen LogP contribution < -0.4 is 5.32 Å². The lowest BCUT2D eigenvalue weighted by atomic mass is 10.3. The first kappa shape index (κ1) is 10.8. The average Bonchev–Trinajstić information content (AvgIpc) is 1.99. The number of halogens is 3. The van der Waals surface area contributed by atoms with E-state index in [0.29, 0.717) is 20.2 Å². The van der Waals surface area contributed by atoms with E-state index >= 15 is 0 Å². The Morgan fingerprint density at radius 2 is 2.00 bits per heavy atom. The smallest absolute Gasteiger partial charge is 0.221 e. The van der Waals surface area contributed by atoms with Gasteiger partial charge in [-0.15, -0.1) is 0 Å². The van der Waals surface area contributed by atoms with Crippen molar-refractivity contribution in [1.82, 2.24) is 0 Å². The first-order chi connectivity index (χ1) is 6.00. The van der Waals surface area contributed by atoms with E-state index in [9.17, 15) is 4.79 Å². The molecule has 1 N–H and O–H groups in total. The number of benzene rings is 1. The lowest BCUT2D eigenvalue weighted by molar-refractivity contribution is -0.114. The molecule has 13 heavy (non-hydrogen) atoms. The van der Waals surface area contributed by atoms with Gasteiger partial charge in [-0.1, -0.05) is 23.2 Å².